The normalized spacial score (nSPS) is 15.2. The zero-order valence-corrected chi connectivity index (χ0v) is 11.4. The van der Waals surface area contributed by atoms with Gasteiger partial charge in [0.2, 0.25) is 0 Å². The molecule has 0 aromatic carbocycles. The van der Waals surface area contributed by atoms with Crippen LogP contribution >= 0.6 is 0 Å². The molecule has 0 amide bonds. The zero-order valence-electron chi connectivity index (χ0n) is 7.45. The Balaban J connectivity index is 0. The maximum absolute atomic E-state index is 2.37. The summed E-state index contributed by atoms with van der Waals surface area (Å²) in [5.74, 6) is 0. The van der Waals surface area contributed by atoms with E-state index < -0.39 is 0 Å². The first-order chi connectivity index (χ1) is 4.74. The molecule has 0 fully saturated rings. The molecule has 3 heteroatoms. The Labute approximate surface area is 103 Å². The van der Waals surface area contributed by atoms with Crippen LogP contribution in [0.3, 0.4) is 0 Å². The van der Waals surface area contributed by atoms with Crippen molar-refractivity contribution in [2.75, 3.05) is 0 Å². The Hall–Kier alpha value is 0.943. The summed E-state index contributed by atoms with van der Waals surface area (Å²) in [5.41, 5.74) is 3.17. The van der Waals surface area contributed by atoms with Crippen LogP contribution in [0.1, 0.15) is 33.1 Å². The van der Waals surface area contributed by atoms with Gasteiger partial charge in [0.15, 0.2) is 0 Å². The molecule has 0 aliphatic heterocycles. The van der Waals surface area contributed by atoms with Gasteiger partial charge in [-0.15, -0.1) is 0 Å². The van der Waals surface area contributed by atoms with Crippen molar-refractivity contribution in [3.63, 3.8) is 0 Å². The summed E-state index contributed by atoms with van der Waals surface area (Å²) < 4.78 is 1.65. The van der Waals surface area contributed by atoms with Gasteiger partial charge in [-0.3, -0.25) is 0 Å². The maximum atomic E-state index is 2.37. The summed E-state index contributed by atoms with van der Waals surface area (Å²) in [6.07, 6.45) is 6.24. The van der Waals surface area contributed by atoms with Crippen LogP contribution in [0.15, 0.2) is 20.5 Å². The molecule has 67 valence electrons. The second-order valence-corrected chi connectivity index (χ2v) is 4.37. The molecule has 0 spiro atoms. The largest absolute Gasteiger partial charge is 1.00 e. The fourth-order valence-electron chi connectivity index (χ4n) is 1.29. The van der Waals surface area contributed by atoms with E-state index in [0.717, 1.165) is 0 Å². The average Bonchev–Trinajstić information content (AvgIpc) is 2.14. The minimum atomic E-state index is 0. The summed E-state index contributed by atoms with van der Waals surface area (Å²) in [4.78, 5) is 0. The van der Waals surface area contributed by atoms with Gasteiger partial charge in [0.1, 0.15) is 0 Å². The SMILES string of the molecule is CCCC1=CC(C)=[C]([Zr+2])C1.[Cl-].[Cl-]. The van der Waals surface area contributed by atoms with Crippen molar-refractivity contribution in [2.24, 2.45) is 0 Å². The average molecular weight is 283 g/mol. The van der Waals surface area contributed by atoms with Crippen LogP contribution in [0.4, 0.5) is 0 Å². The summed E-state index contributed by atoms with van der Waals surface area (Å²) in [6.45, 7) is 4.48. The van der Waals surface area contributed by atoms with Crippen molar-refractivity contribution in [3.8, 4) is 0 Å². The standard InChI is InChI=1S/C9H13.2ClH.Zr/c1-3-4-9-6-5-8(2)7-9;;;/h7H,3-4,6H2,1-2H3;2*1H;/q;;;+2/p-2. The minimum Gasteiger partial charge on any atom is -1.00 e. The Morgan fingerprint density at radius 2 is 2.00 bits per heavy atom. The Kier molecular flexibility index (Phi) is 9.45. The van der Waals surface area contributed by atoms with Crippen molar-refractivity contribution in [2.45, 2.75) is 33.1 Å². The van der Waals surface area contributed by atoms with E-state index in [-0.39, 0.29) is 24.8 Å². The van der Waals surface area contributed by atoms with E-state index >= 15 is 0 Å². The number of halogens is 2. The van der Waals surface area contributed by atoms with Crippen LogP contribution < -0.4 is 24.8 Å². The fourth-order valence-corrected chi connectivity index (χ4v) is 2.03. The van der Waals surface area contributed by atoms with Gasteiger partial charge in [0.05, 0.1) is 0 Å². The van der Waals surface area contributed by atoms with Crippen molar-refractivity contribution in [3.05, 3.63) is 20.5 Å². The molecule has 0 N–H and O–H groups in total. The number of rotatable bonds is 2. The molecule has 0 nitrogen and oxygen atoms in total. The molecule has 0 aromatic rings. The van der Waals surface area contributed by atoms with Crippen LogP contribution in [0.25, 0.3) is 0 Å². The van der Waals surface area contributed by atoms with Crippen LogP contribution in [0, 0.1) is 0 Å². The predicted molar refractivity (Wildman–Crippen MR) is 40.3 cm³/mol. The first kappa shape index (κ1) is 15.4. The van der Waals surface area contributed by atoms with Crippen molar-refractivity contribution in [1.29, 1.82) is 0 Å². The minimum absolute atomic E-state index is 0. The van der Waals surface area contributed by atoms with Crippen molar-refractivity contribution < 1.29 is 49.5 Å². The van der Waals surface area contributed by atoms with E-state index in [1.807, 2.05) is 0 Å². The van der Waals surface area contributed by atoms with E-state index in [4.69, 9.17) is 0 Å². The third-order valence-electron chi connectivity index (χ3n) is 1.87. The van der Waals surface area contributed by atoms with Gasteiger partial charge >= 0.3 is 78.3 Å². The summed E-state index contributed by atoms with van der Waals surface area (Å²) in [7, 11) is 0. The van der Waals surface area contributed by atoms with Crippen molar-refractivity contribution in [1.82, 2.24) is 0 Å². The first-order valence-electron chi connectivity index (χ1n) is 3.85. The van der Waals surface area contributed by atoms with Crippen LogP contribution in [-0.4, -0.2) is 0 Å². The fraction of sp³-hybridized carbons (Fsp3) is 0.556. The van der Waals surface area contributed by atoms with E-state index in [1.54, 1.807) is 33.6 Å². The molecule has 1 aliphatic rings. The van der Waals surface area contributed by atoms with E-state index in [9.17, 15) is 0 Å². The smallest absolute Gasteiger partial charge is 1.00 e. The van der Waals surface area contributed by atoms with E-state index in [2.05, 4.69) is 19.9 Å². The second-order valence-electron chi connectivity index (χ2n) is 2.89. The molecule has 0 aromatic heterocycles. The second kappa shape index (κ2) is 7.36. The summed E-state index contributed by atoms with van der Waals surface area (Å²) in [5, 5.41) is 0. The molecule has 1 aliphatic carbocycles. The van der Waals surface area contributed by atoms with E-state index in [1.165, 1.54) is 24.8 Å². The Bertz CT molecular complexity index is 195. The molecule has 0 radical (unpaired) electrons. The molecular weight excluding hydrogens is 270 g/mol. The third kappa shape index (κ3) is 4.26. The summed E-state index contributed by atoms with van der Waals surface area (Å²) >= 11 is 1.60. The number of hydrogen-bond donors (Lipinski definition) is 0. The predicted octanol–water partition coefficient (Wildman–Crippen LogP) is -3.05. The topological polar surface area (TPSA) is 0 Å². The molecule has 0 atom stereocenters. The molecular formula is C9H13Cl2Zr. The van der Waals surface area contributed by atoms with Gasteiger partial charge in [0, 0.05) is 0 Å². The molecule has 0 unspecified atom stereocenters. The summed E-state index contributed by atoms with van der Waals surface area (Å²) in [6, 6.07) is 0. The molecule has 1 rings (SSSR count). The first-order valence-corrected chi connectivity index (χ1v) is 5.07. The van der Waals surface area contributed by atoms with Crippen LogP contribution in [-0.2, 0) is 24.7 Å². The van der Waals surface area contributed by atoms with Gasteiger partial charge in [-0.05, 0) is 0 Å². The van der Waals surface area contributed by atoms with Gasteiger partial charge < -0.3 is 24.8 Å². The van der Waals surface area contributed by atoms with Crippen molar-refractivity contribution >= 4 is 0 Å². The zero-order chi connectivity index (χ0) is 7.56. The van der Waals surface area contributed by atoms with Gasteiger partial charge in [-0.1, -0.05) is 0 Å². The molecule has 0 saturated heterocycles. The number of allylic oxidation sites excluding steroid dienone is 4. The Morgan fingerprint density at radius 3 is 2.33 bits per heavy atom. The molecule has 0 heterocycles. The Morgan fingerprint density at radius 1 is 1.42 bits per heavy atom. The molecule has 0 bridgehead atoms. The number of hydrogen-bond acceptors (Lipinski definition) is 0. The van der Waals surface area contributed by atoms with Crippen LogP contribution in [0.5, 0.6) is 0 Å². The quantitative estimate of drug-likeness (QED) is 0.505. The molecule has 12 heavy (non-hydrogen) atoms. The molecule has 0 saturated carbocycles. The van der Waals surface area contributed by atoms with Crippen LogP contribution in [0.2, 0.25) is 0 Å². The maximum Gasteiger partial charge on any atom is -1.00 e. The van der Waals surface area contributed by atoms with Gasteiger partial charge in [-0.25, -0.2) is 0 Å². The monoisotopic (exact) mass is 281 g/mol. The van der Waals surface area contributed by atoms with E-state index in [0.29, 0.717) is 0 Å². The van der Waals surface area contributed by atoms with Gasteiger partial charge in [0.25, 0.3) is 0 Å². The third-order valence-corrected chi connectivity index (χ3v) is 3.28. The van der Waals surface area contributed by atoms with Gasteiger partial charge in [-0.2, -0.15) is 0 Å².